The third-order valence-electron chi connectivity index (χ3n) is 2.12. The first-order chi connectivity index (χ1) is 5.25. The van der Waals surface area contributed by atoms with E-state index in [1.54, 1.807) is 0 Å². The summed E-state index contributed by atoms with van der Waals surface area (Å²) < 4.78 is 0. The number of hydrogen-bond acceptors (Lipinski definition) is 1. The van der Waals surface area contributed by atoms with Gasteiger partial charge in [0.2, 0.25) is 0 Å². The number of H-pyrrole nitrogens is 1. The molecule has 0 aromatic carbocycles. The van der Waals surface area contributed by atoms with Crippen molar-refractivity contribution < 1.29 is 0 Å². The van der Waals surface area contributed by atoms with Crippen LogP contribution in [0.2, 0.25) is 0 Å². The second kappa shape index (κ2) is 3.56. The fourth-order valence-corrected chi connectivity index (χ4v) is 1.45. The van der Waals surface area contributed by atoms with Crippen LogP contribution in [0.5, 0.6) is 0 Å². The fraction of sp³-hybridized carbons (Fsp3) is 0.667. The van der Waals surface area contributed by atoms with Gasteiger partial charge in [-0.2, -0.15) is 5.10 Å². The highest BCUT2D eigenvalue weighted by Gasteiger charge is 2.07. The van der Waals surface area contributed by atoms with Gasteiger partial charge in [-0.15, -0.1) is 0 Å². The van der Waals surface area contributed by atoms with Gasteiger partial charge in [0.25, 0.3) is 0 Å². The molecular weight excluding hydrogens is 136 g/mol. The van der Waals surface area contributed by atoms with E-state index < -0.39 is 0 Å². The summed E-state index contributed by atoms with van der Waals surface area (Å²) in [5.74, 6) is 0.652. The van der Waals surface area contributed by atoms with Gasteiger partial charge in [-0.1, -0.05) is 20.3 Å². The van der Waals surface area contributed by atoms with Crippen molar-refractivity contribution in [1.29, 1.82) is 0 Å². The van der Waals surface area contributed by atoms with Crippen LogP contribution < -0.4 is 0 Å². The van der Waals surface area contributed by atoms with Crippen molar-refractivity contribution in [3.63, 3.8) is 0 Å². The molecule has 1 rings (SSSR count). The minimum absolute atomic E-state index is 0.652. The lowest BCUT2D eigenvalue weighted by Crippen LogP contribution is -1.92. The molecule has 0 saturated carbocycles. The molecule has 0 aliphatic rings. The summed E-state index contributed by atoms with van der Waals surface area (Å²) in [5.41, 5.74) is 2.58. The molecule has 62 valence electrons. The predicted molar refractivity (Wildman–Crippen MR) is 46.6 cm³/mol. The highest BCUT2D eigenvalue weighted by Crippen LogP contribution is 2.21. The monoisotopic (exact) mass is 152 g/mol. The lowest BCUT2D eigenvalue weighted by atomic mass is 9.98. The molecule has 1 aromatic rings. The molecule has 0 radical (unpaired) electrons. The van der Waals surface area contributed by atoms with Crippen LogP contribution in [0.25, 0.3) is 0 Å². The zero-order chi connectivity index (χ0) is 8.27. The van der Waals surface area contributed by atoms with Gasteiger partial charge in [-0.25, -0.2) is 0 Å². The summed E-state index contributed by atoms with van der Waals surface area (Å²) in [7, 11) is 0. The Morgan fingerprint density at radius 2 is 2.36 bits per heavy atom. The van der Waals surface area contributed by atoms with E-state index in [0.717, 1.165) is 0 Å². The lowest BCUT2D eigenvalue weighted by Gasteiger charge is -2.07. The second-order valence-electron chi connectivity index (χ2n) is 3.14. The first kappa shape index (κ1) is 8.31. The molecule has 2 nitrogen and oxygen atoms in total. The van der Waals surface area contributed by atoms with Crippen LogP contribution in [-0.2, 0) is 0 Å². The number of rotatable bonds is 3. The quantitative estimate of drug-likeness (QED) is 0.708. The third-order valence-corrected chi connectivity index (χ3v) is 2.12. The van der Waals surface area contributed by atoms with E-state index >= 15 is 0 Å². The standard InChI is InChI=1S/C9H16N2/c1-4-5-7(2)9-6-10-11-8(9)3/h6-7H,4-5H2,1-3H3,(H,10,11). The number of nitrogens with zero attached hydrogens (tertiary/aromatic N) is 1. The average Bonchev–Trinajstić information content (AvgIpc) is 2.36. The van der Waals surface area contributed by atoms with Gasteiger partial charge in [0.15, 0.2) is 0 Å². The van der Waals surface area contributed by atoms with E-state index in [1.165, 1.54) is 24.1 Å². The number of nitrogens with one attached hydrogen (secondary N) is 1. The van der Waals surface area contributed by atoms with Crippen molar-refractivity contribution in [2.75, 3.05) is 0 Å². The minimum Gasteiger partial charge on any atom is -0.283 e. The molecule has 2 heteroatoms. The highest BCUT2D eigenvalue weighted by molar-refractivity contribution is 5.18. The van der Waals surface area contributed by atoms with Crippen LogP contribution in [0.3, 0.4) is 0 Å². The summed E-state index contributed by atoms with van der Waals surface area (Å²) in [4.78, 5) is 0. The number of hydrogen-bond donors (Lipinski definition) is 1. The second-order valence-corrected chi connectivity index (χ2v) is 3.14. The van der Waals surface area contributed by atoms with Crippen molar-refractivity contribution in [3.05, 3.63) is 17.5 Å². The molecular formula is C9H16N2. The molecule has 0 bridgehead atoms. The van der Waals surface area contributed by atoms with E-state index in [2.05, 4.69) is 31.0 Å². The van der Waals surface area contributed by atoms with Gasteiger partial charge in [0, 0.05) is 5.69 Å². The summed E-state index contributed by atoms with van der Waals surface area (Å²) in [5, 5.41) is 6.96. The van der Waals surface area contributed by atoms with Crippen molar-refractivity contribution in [3.8, 4) is 0 Å². The van der Waals surface area contributed by atoms with Crippen LogP contribution >= 0.6 is 0 Å². The van der Waals surface area contributed by atoms with Crippen molar-refractivity contribution >= 4 is 0 Å². The third kappa shape index (κ3) is 1.82. The topological polar surface area (TPSA) is 28.7 Å². The molecule has 0 saturated heterocycles. The molecule has 1 N–H and O–H groups in total. The Balaban J connectivity index is 2.67. The van der Waals surface area contributed by atoms with Gasteiger partial charge in [-0.05, 0) is 24.8 Å². The molecule has 1 atom stereocenters. The fourth-order valence-electron chi connectivity index (χ4n) is 1.45. The van der Waals surface area contributed by atoms with E-state index in [-0.39, 0.29) is 0 Å². The van der Waals surface area contributed by atoms with E-state index in [1.807, 2.05) is 6.20 Å². The maximum atomic E-state index is 4.00. The number of aromatic amines is 1. The Labute approximate surface area is 68.0 Å². The lowest BCUT2D eigenvalue weighted by molar-refractivity contribution is 0.662. The molecule has 11 heavy (non-hydrogen) atoms. The van der Waals surface area contributed by atoms with Gasteiger partial charge in [0.1, 0.15) is 0 Å². The first-order valence-electron chi connectivity index (χ1n) is 4.25. The van der Waals surface area contributed by atoms with Crippen molar-refractivity contribution in [2.24, 2.45) is 0 Å². The van der Waals surface area contributed by atoms with Crippen molar-refractivity contribution in [1.82, 2.24) is 10.2 Å². The highest BCUT2D eigenvalue weighted by atomic mass is 15.1. The van der Waals surface area contributed by atoms with Gasteiger partial charge in [-0.3, -0.25) is 5.10 Å². The molecule has 0 aliphatic carbocycles. The molecule has 0 spiro atoms. The van der Waals surface area contributed by atoms with Crippen LogP contribution in [0.15, 0.2) is 6.20 Å². The SMILES string of the molecule is CCCC(C)c1cn[nH]c1C. The zero-order valence-corrected chi connectivity index (χ0v) is 7.52. The Kier molecular flexibility index (Phi) is 2.69. The van der Waals surface area contributed by atoms with Crippen LogP contribution in [0.4, 0.5) is 0 Å². The number of aryl methyl sites for hydroxylation is 1. The first-order valence-corrected chi connectivity index (χ1v) is 4.25. The molecule has 1 aromatic heterocycles. The van der Waals surface area contributed by atoms with Crippen LogP contribution in [0.1, 0.15) is 43.9 Å². The molecule has 0 aliphatic heterocycles. The average molecular weight is 152 g/mol. The smallest absolute Gasteiger partial charge is 0.0524 e. The van der Waals surface area contributed by atoms with Gasteiger partial charge < -0.3 is 0 Å². The maximum absolute atomic E-state index is 4.00. The normalized spacial score (nSPS) is 13.4. The Morgan fingerprint density at radius 3 is 2.82 bits per heavy atom. The van der Waals surface area contributed by atoms with Gasteiger partial charge in [0.05, 0.1) is 6.20 Å². The summed E-state index contributed by atoms with van der Waals surface area (Å²) in [6.45, 7) is 6.54. The largest absolute Gasteiger partial charge is 0.283 e. The Hall–Kier alpha value is -0.790. The molecule has 0 fully saturated rings. The summed E-state index contributed by atoms with van der Waals surface area (Å²) in [6.07, 6.45) is 4.43. The molecule has 0 amide bonds. The van der Waals surface area contributed by atoms with E-state index in [9.17, 15) is 0 Å². The maximum Gasteiger partial charge on any atom is 0.0524 e. The Morgan fingerprint density at radius 1 is 1.64 bits per heavy atom. The molecule has 1 heterocycles. The zero-order valence-electron chi connectivity index (χ0n) is 7.52. The van der Waals surface area contributed by atoms with E-state index in [4.69, 9.17) is 0 Å². The van der Waals surface area contributed by atoms with Gasteiger partial charge >= 0.3 is 0 Å². The van der Waals surface area contributed by atoms with E-state index in [0.29, 0.717) is 5.92 Å². The predicted octanol–water partition coefficient (Wildman–Crippen LogP) is 2.62. The van der Waals surface area contributed by atoms with Crippen LogP contribution in [-0.4, -0.2) is 10.2 Å². The van der Waals surface area contributed by atoms with Crippen LogP contribution in [0, 0.1) is 6.92 Å². The van der Waals surface area contributed by atoms with Crippen molar-refractivity contribution in [2.45, 2.75) is 39.5 Å². The Bertz CT molecular complexity index is 215. The number of aromatic nitrogens is 2. The summed E-state index contributed by atoms with van der Waals surface area (Å²) in [6, 6.07) is 0. The molecule has 1 unspecified atom stereocenters. The summed E-state index contributed by atoms with van der Waals surface area (Å²) >= 11 is 0. The minimum atomic E-state index is 0.652.